The molecule has 0 radical (unpaired) electrons. The fourth-order valence-corrected chi connectivity index (χ4v) is 1.53. The van der Waals surface area contributed by atoms with Crippen molar-refractivity contribution in [1.29, 1.82) is 0 Å². The second-order valence-electron chi connectivity index (χ2n) is 3.77. The zero-order valence-corrected chi connectivity index (χ0v) is 10.4. The third-order valence-electron chi connectivity index (χ3n) is 2.57. The van der Waals surface area contributed by atoms with E-state index in [1.807, 2.05) is 6.92 Å². The summed E-state index contributed by atoms with van der Waals surface area (Å²) in [6.45, 7) is 2.72. The van der Waals surface area contributed by atoms with E-state index in [9.17, 15) is 4.79 Å². The molecule has 0 atom stereocenters. The number of aromatic nitrogens is 2. The monoisotopic (exact) mass is 245 g/mol. The molecular weight excluding hydrogens is 230 g/mol. The maximum absolute atomic E-state index is 11.9. The molecule has 5 heteroatoms. The van der Waals surface area contributed by atoms with Gasteiger partial charge in [-0.05, 0) is 31.2 Å². The highest BCUT2D eigenvalue weighted by Crippen LogP contribution is 2.15. The quantitative estimate of drug-likeness (QED) is 0.898. The number of amides is 1. The number of methoxy groups -OCH3 is 1. The molecule has 2 rings (SSSR count). The van der Waals surface area contributed by atoms with Gasteiger partial charge >= 0.3 is 0 Å². The second kappa shape index (κ2) is 5.35. The van der Waals surface area contributed by atoms with Crippen LogP contribution in [-0.4, -0.2) is 22.8 Å². The first-order valence-electron chi connectivity index (χ1n) is 5.70. The Morgan fingerprint density at radius 3 is 2.67 bits per heavy atom. The maximum Gasteiger partial charge on any atom is 0.258 e. The van der Waals surface area contributed by atoms with Crippen molar-refractivity contribution in [2.45, 2.75) is 13.5 Å². The Bertz CT molecular complexity index is 531. The van der Waals surface area contributed by atoms with Crippen LogP contribution in [0.3, 0.4) is 0 Å². The van der Waals surface area contributed by atoms with Gasteiger partial charge < -0.3 is 10.1 Å². The molecule has 0 saturated heterocycles. The first-order valence-corrected chi connectivity index (χ1v) is 5.70. The normalized spacial score (nSPS) is 10.1. The summed E-state index contributed by atoms with van der Waals surface area (Å²) < 4.78 is 6.76. The Kier molecular flexibility index (Phi) is 3.62. The maximum atomic E-state index is 11.9. The molecule has 0 aliphatic carbocycles. The molecule has 2 aromatic rings. The van der Waals surface area contributed by atoms with E-state index in [1.54, 1.807) is 48.5 Å². The molecule has 18 heavy (non-hydrogen) atoms. The zero-order valence-electron chi connectivity index (χ0n) is 10.4. The summed E-state index contributed by atoms with van der Waals surface area (Å²) in [4.78, 5) is 11.9. The summed E-state index contributed by atoms with van der Waals surface area (Å²) in [5.74, 6) is 0.590. The van der Waals surface area contributed by atoms with E-state index in [-0.39, 0.29) is 5.91 Å². The van der Waals surface area contributed by atoms with Gasteiger partial charge in [0, 0.05) is 18.4 Å². The lowest BCUT2D eigenvalue weighted by molar-refractivity contribution is 0.102. The Balaban J connectivity index is 2.06. The lowest BCUT2D eigenvalue weighted by Crippen LogP contribution is -2.11. The van der Waals surface area contributed by atoms with Gasteiger partial charge in [0.15, 0.2) is 0 Å². The summed E-state index contributed by atoms with van der Waals surface area (Å²) >= 11 is 0. The van der Waals surface area contributed by atoms with E-state index < -0.39 is 0 Å². The zero-order chi connectivity index (χ0) is 13.0. The summed E-state index contributed by atoms with van der Waals surface area (Å²) in [6.07, 6.45) is 3.28. The van der Waals surface area contributed by atoms with Crippen LogP contribution in [0.15, 0.2) is 36.7 Å². The Hall–Kier alpha value is -2.30. The molecule has 1 heterocycles. The fraction of sp³-hybridized carbons (Fsp3) is 0.231. The minimum absolute atomic E-state index is 0.167. The largest absolute Gasteiger partial charge is 0.497 e. The number of carbonyl (C=O) groups is 1. The minimum Gasteiger partial charge on any atom is -0.497 e. The molecule has 0 saturated carbocycles. The summed E-state index contributed by atoms with van der Waals surface area (Å²) in [5, 5.41) is 6.86. The highest BCUT2D eigenvalue weighted by molar-refractivity contribution is 6.03. The number of nitrogens with zero attached hydrogens (tertiary/aromatic N) is 2. The van der Waals surface area contributed by atoms with Crippen molar-refractivity contribution in [3.63, 3.8) is 0 Å². The number of anilines is 1. The van der Waals surface area contributed by atoms with E-state index in [1.165, 1.54) is 0 Å². The molecule has 1 aromatic carbocycles. The van der Waals surface area contributed by atoms with E-state index in [4.69, 9.17) is 4.74 Å². The summed E-state index contributed by atoms with van der Waals surface area (Å²) in [5.41, 5.74) is 1.28. The number of nitrogens with one attached hydrogen (secondary N) is 1. The Labute approximate surface area is 105 Å². The predicted octanol–water partition coefficient (Wildman–Crippen LogP) is 2.16. The number of carbonyl (C=O) groups excluding carboxylic acids is 1. The third kappa shape index (κ3) is 2.68. The van der Waals surface area contributed by atoms with Gasteiger partial charge in [-0.3, -0.25) is 9.48 Å². The van der Waals surface area contributed by atoms with Crippen LogP contribution in [0.2, 0.25) is 0 Å². The van der Waals surface area contributed by atoms with Crippen LogP contribution in [0.25, 0.3) is 0 Å². The highest BCUT2D eigenvalue weighted by Gasteiger charge is 2.08. The summed E-state index contributed by atoms with van der Waals surface area (Å²) in [6, 6.07) is 7.18. The Morgan fingerprint density at radius 2 is 2.11 bits per heavy atom. The topological polar surface area (TPSA) is 56.2 Å². The first-order chi connectivity index (χ1) is 8.72. The molecule has 5 nitrogen and oxygen atoms in total. The highest BCUT2D eigenvalue weighted by atomic mass is 16.5. The van der Waals surface area contributed by atoms with Crippen LogP contribution in [0.4, 0.5) is 5.69 Å². The molecule has 0 bridgehead atoms. The lowest BCUT2D eigenvalue weighted by atomic mass is 10.2. The van der Waals surface area contributed by atoms with Crippen LogP contribution in [-0.2, 0) is 6.54 Å². The van der Waals surface area contributed by atoms with Crippen LogP contribution >= 0.6 is 0 Å². The van der Waals surface area contributed by atoms with E-state index in [0.29, 0.717) is 5.56 Å². The van der Waals surface area contributed by atoms with E-state index in [2.05, 4.69) is 10.4 Å². The number of aryl methyl sites for hydroxylation is 1. The Morgan fingerprint density at radius 1 is 1.39 bits per heavy atom. The molecule has 94 valence electrons. The van der Waals surface area contributed by atoms with Gasteiger partial charge in [-0.2, -0.15) is 5.10 Å². The fourth-order valence-electron chi connectivity index (χ4n) is 1.53. The molecule has 0 aliphatic rings. The number of hydrogen-bond donors (Lipinski definition) is 1. The van der Waals surface area contributed by atoms with Gasteiger partial charge in [0.05, 0.1) is 18.9 Å². The first kappa shape index (κ1) is 12.2. The van der Waals surface area contributed by atoms with E-state index in [0.717, 1.165) is 18.0 Å². The van der Waals surface area contributed by atoms with Crippen molar-refractivity contribution < 1.29 is 9.53 Å². The van der Waals surface area contributed by atoms with Gasteiger partial charge in [-0.25, -0.2) is 0 Å². The van der Waals surface area contributed by atoms with Crippen molar-refractivity contribution in [2.75, 3.05) is 12.4 Å². The molecule has 1 amide bonds. The number of hydrogen-bond acceptors (Lipinski definition) is 3. The molecule has 0 aliphatic heterocycles. The molecule has 0 unspecified atom stereocenters. The average Bonchev–Trinajstić information content (AvgIpc) is 2.88. The van der Waals surface area contributed by atoms with Gasteiger partial charge in [-0.15, -0.1) is 0 Å². The average molecular weight is 245 g/mol. The van der Waals surface area contributed by atoms with Crippen molar-refractivity contribution in [3.05, 3.63) is 42.2 Å². The second-order valence-corrected chi connectivity index (χ2v) is 3.77. The van der Waals surface area contributed by atoms with Gasteiger partial charge in [0.1, 0.15) is 5.75 Å². The van der Waals surface area contributed by atoms with Crippen molar-refractivity contribution >= 4 is 11.6 Å². The third-order valence-corrected chi connectivity index (χ3v) is 2.57. The predicted molar refractivity (Wildman–Crippen MR) is 68.8 cm³/mol. The smallest absolute Gasteiger partial charge is 0.258 e. The molecular formula is C13H15N3O2. The van der Waals surface area contributed by atoms with Crippen LogP contribution in [0, 0.1) is 0 Å². The number of rotatable bonds is 4. The molecule has 1 aromatic heterocycles. The van der Waals surface area contributed by atoms with Crippen molar-refractivity contribution in [1.82, 2.24) is 9.78 Å². The lowest BCUT2D eigenvalue weighted by Gasteiger charge is -2.04. The number of ether oxygens (including phenoxy) is 1. The van der Waals surface area contributed by atoms with Crippen LogP contribution in [0.5, 0.6) is 5.75 Å². The molecule has 0 fully saturated rings. The van der Waals surface area contributed by atoms with Crippen molar-refractivity contribution in [3.8, 4) is 5.75 Å². The van der Waals surface area contributed by atoms with Gasteiger partial charge in [0.2, 0.25) is 0 Å². The van der Waals surface area contributed by atoms with E-state index >= 15 is 0 Å². The van der Waals surface area contributed by atoms with Gasteiger partial charge in [-0.1, -0.05) is 0 Å². The van der Waals surface area contributed by atoms with Crippen LogP contribution < -0.4 is 10.1 Å². The standard InChI is InChI=1S/C13H15N3O2/c1-3-16-9-10(8-14-16)13(17)15-11-4-6-12(18-2)7-5-11/h4-9H,3H2,1-2H3,(H,15,17). The van der Waals surface area contributed by atoms with Crippen LogP contribution in [0.1, 0.15) is 17.3 Å². The molecule has 0 spiro atoms. The van der Waals surface area contributed by atoms with Gasteiger partial charge in [0.25, 0.3) is 5.91 Å². The summed E-state index contributed by atoms with van der Waals surface area (Å²) in [7, 11) is 1.60. The SMILES string of the molecule is CCn1cc(C(=O)Nc2ccc(OC)cc2)cn1. The van der Waals surface area contributed by atoms with Crippen molar-refractivity contribution in [2.24, 2.45) is 0 Å². The minimum atomic E-state index is -0.167. The number of benzene rings is 1. The molecule has 1 N–H and O–H groups in total.